The molecule has 0 bridgehead atoms. The van der Waals surface area contributed by atoms with E-state index in [9.17, 15) is 9.90 Å². The Hall–Kier alpha value is -2.81. The highest BCUT2D eigenvalue weighted by molar-refractivity contribution is 6.04. The molecule has 1 aliphatic heterocycles. The van der Waals surface area contributed by atoms with Crippen molar-refractivity contribution < 1.29 is 19.4 Å². The molecular formula is C24H27NO4. The highest BCUT2D eigenvalue weighted by atomic mass is 16.7. The van der Waals surface area contributed by atoms with Crippen LogP contribution in [0.1, 0.15) is 54.4 Å². The molecular weight excluding hydrogens is 366 g/mol. The SMILES string of the molecule is O=C(Nc1ccc(O)cc1)c1ccc(C#CCCCCOC2CCCCO2)cc1. The first-order valence-corrected chi connectivity index (χ1v) is 10.1. The minimum atomic E-state index is -0.197. The van der Waals surface area contributed by atoms with Crippen molar-refractivity contribution in [3.8, 4) is 17.6 Å². The number of benzene rings is 2. The van der Waals surface area contributed by atoms with Gasteiger partial charge in [0, 0.05) is 36.4 Å². The van der Waals surface area contributed by atoms with Crippen LogP contribution in [0.15, 0.2) is 48.5 Å². The van der Waals surface area contributed by atoms with Crippen LogP contribution < -0.4 is 5.32 Å². The largest absolute Gasteiger partial charge is 0.508 e. The fourth-order valence-electron chi connectivity index (χ4n) is 2.99. The molecule has 0 saturated carbocycles. The molecule has 152 valence electrons. The van der Waals surface area contributed by atoms with E-state index in [0.29, 0.717) is 11.3 Å². The Bertz CT molecular complexity index is 828. The molecule has 0 radical (unpaired) electrons. The summed E-state index contributed by atoms with van der Waals surface area (Å²) in [5.41, 5.74) is 2.08. The van der Waals surface area contributed by atoms with Crippen LogP contribution in [-0.4, -0.2) is 30.5 Å². The highest BCUT2D eigenvalue weighted by Gasteiger charge is 2.13. The maximum atomic E-state index is 12.3. The summed E-state index contributed by atoms with van der Waals surface area (Å²) in [7, 11) is 0. The van der Waals surface area contributed by atoms with Gasteiger partial charge >= 0.3 is 0 Å². The van der Waals surface area contributed by atoms with E-state index in [-0.39, 0.29) is 17.9 Å². The zero-order valence-corrected chi connectivity index (χ0v) is 16.5. The molecule has 5 heteroatoms. The van der Waals surface area contributed by atoms with Crippen molar-refractivity contribution in [2.45, 2.75) is 44.8 Å². The third-order valence-electron chi connectivity index (χ3n) is 4.64. The van der Waals surface area contributed by atoms with Gasteiger partial charge in [0.1, 0.15) is 5.75 Å². The third kappa shape index (κ3) is 7.26. The molecule has 2 aromatic carbocycles. The normalized spacial score (nSPS) is 15.9. The van der Waals surface area contributed by atoms with E-state index in [4.69, 9.17) is 9.47 Å². The Morgan fingerprint density at radius 2 is 1.90 bits per heavy atom. The third-order valence-corrected chi connectivity index (χ3v) is 4.64. The van der Waals surface area contributed by atoms with Crippen molar-refractivity contribution in [1.29, 1.82) is 0 Å². The van der Waals surface area contributed by atoms with Gasteiger partial charge in [-0.2, -0.15) is 0 Å². The Balaban J connectivity index is 1.36. The molecule has 1 atom stereocenters. The Morgan fingerprint density at radius 1 is 1.10 bits per heavy atom. The van der Waals surface area contributed by atoms with Crippen LogP contribution in [0.3, 0.4) is 0 Å². The van der Waals surface area contributed by atoms with E-state index >= 15 is 0 Å². The number of amides is 1. The van der Waals surface area contributed by atoms with Crippen LogP contribution >= 0.6 is 0 Å². The molecule has 5 nitrogen and oxygen atoms in total. The minimum Gasteiger partial charge on any atom is -0.508 e. The maximum Gasteiger partial charge on any atom is 0.255 e. The fourth-order valence-corrected chi connectivity index (χ4v) is 2.99. The van der Waals surface area contributed by atoms with Gasteiger partial charge in [0.05, 0.1) is 0 Å². The monoisotopic (exact) mass is 393 g/mol. The van der Waals surface area contributed by atoms with Crippen LogP contribution in [0.4, 0.5) is 5.69 Å². The van der Waals surface area contributed by atoms with Gasteiger partial charge in [-0.15, -0.1) is 0 Å². The molecule has 3 rings (SSSR count). The van der Waals surface area contributed by atoms with Crippen LogP contribution in [0.2, 0.25) is 0 Å². The Morgan fingerprint density at radius 3 is 2.62 bits per heavy atom. The van der Waals surface area contributed by atoms with Crippen molar-refractivity contribution in [1.82, 2.24) is 0 Å². The summed E-state index contributed by atoms with van der Waals surface area (Å²) >= 11 is 0. The summed E-state index contributed by atoms with van der Waals surface area (Å²) in [6.45, 7) is 1.53. The lowest BCUT2D eigenvalue weighted by atomic mass is 10.1. The molecule has 29 heavy (non-hydrogen) atoms. The summed E-state index contributed by atoms with van der Waals surface area (Å²) in [4.78, 5) is 12.3. The first kappa shape index (κ1) is 20.9. The van der Waals surface area contributed by atoms with Crippen LogP contribution in [0, 0.1) is 11.8 Å². The molecule has 1 unspecified atom stereocenters. The number of carbonyl (C=O) groups excluding carboxylic acids is 1. The number of hydrogen-bond acceptors (Lipinski definition) is 4. The van der Waals surface area contributed by atoms with Gasteiger partial charge in [0.2, 0.25) is 0 Å². The lowest BCUT2D eigenvalue weighted by Gasteiger charge is -2.22. The van der Waals surface area contributed by atoms with Gasteiger partial charge in [-0.1, -0.05) is 11.8 Å². The minimum absolute atomic E-state index is 0.0143. The zero-order chi connectivity index (χ0) is 20.3. The molecule has 0 aromatic heterocycles. The number of rotatable bonds is 7. The number of phenolic OH excluding ortho intramolecular Hbond substituents is 1. The first-order chi connectivity index (χ1) is 14.2. The molecule has 2 N–H and O–H groups in total. The van der Waals surface area contributed by atoms with Crippen molar-refractivity contribution >= 4 is 11.6 Å². The van der Waals surface area contributed by atoms with Crippen molar-refractivity contribution in [3.05, 3.63) is 59.7 Å². The second-order valence-corrected chi connectivity index (χ2v) is 7.00. The van der Waals surface area contributed by atoms with E-state index in [0.717, 1.165) is 50.9 Å². The van der Waals surface area contributed by atoms with Crippen molar-refractivity contribution in [2.24, 2.45) is 0 Å². The van der Waals surface area contributed by atoms with Crippen molar-refractivity contribution in [2.75, 3.05) is 18.5 Å². The molecule has 1 fully saturated rings. The van der Waals surface area contributed by atoms with E-state index in [1.165, 1.54) is 18.6 Å². The smallest absolute Gasteiger partial charge is 0.255 e. The fraction of sp³-hybridized carbons (Fsp3) is 0.375. The van der Waals surface area contributed by atoms with Crippen molar-refractivity contribution in [3.63, 3.8) is 0 Å². The molecule has 1 heterocycles. The summed E-state index contributed by atoms with van der Waals surface area (Å²) in [5, 5.41) is 12.1. The summed E-state index contributed by atoms with van der Waals surface area (Å²) in [6, 6.07) is 13.6. The van der Waals surface area contributed by atoms with Gasteiger partial charge in [-0.3, -0.25) is 4.79 Å². The number of carbonyl (C=O) groups is 1. The Labute approximate surface area is 172 Å². The summed E-state index contributed by atoms with van der Waals surface area (Å²) < 4.78 is 11.3. The topological polar surface area (TPSA) is 67.8 Å². The average Bonchev–Trinajstić information content (AvgIpc) is 2.76. The summed E-state index contributed by atoms with van der Waals surface area (Å²) in [6.07, 6.45) is 6.10. The number of unbranched alkanes of at least 4 members (excludes halogenated alkanes) is 2. The van der Waals surface area contributed by atoms with Gasteiger partial charge < -0.3 is 19.9 Å². The maximum absolute atomic E-state index is 12.3. The van der Waals surface area contributed by atoms with Gasteiger partial charge in [-0.25, -0.2) is 0 Å². The molecule has 0 spiro atoms. The Kier molecular flexibility index (Phi) is 8.12. The molecule has 1 aliphatic rings. The lowest BCUT2D eigenvalue weighted by Crippen LogP contribution is -2.22. The second kappa shape index (κ2) is 11.3. The predicted molar refractivity (Wildman–Crippen MR) is 113 cm³/mol. The van der Waals surface area contributed by atoms with E-state index in [1.54, 1.807) is 24.3 Å². The number of aromatic hydroxyl groups is 1. The number of anilines is 1. The molecule has 1 saturated heterocycles. The number of hydrogen-bond donors (Lipinski definition) is 2. The zero-order valence-electron chi connectivity index (χ0n) is 16.5. The van der Waals surface area contributed by atoms with Crippen LogP contribution in [-0.2, 0) is 9.47 Å². The quantitative estimate of drug-likeness (QED) is 0.406. The van der Waals surface area contributed by atoms with Gasteiger partial charge in [0.25, 0.3) is 5.91 Å². The number of nitrogens with one attached hydrogen (secondary N) is 1. The van der Waals surface area contributed by atoms with Crippen LogP contribution in [0.25, 0.3) is 0 Å². The van der Waals surface area contributed by atoms with E-state index in [1.807, 2.05) is 12.1 Å². The second-order valence-electron chi connectivity index (χ2n) is 7.00. The van der Waals surface area contributed by atoms with Gasteiger partial charge in [0.15, 0.2) is 6.29 Å². The predicted octanol–water partition coefficient (Wildman–Crippen LogP) is 4.71. The molecule has 2 aromatic rings. The lowest BCUT2D eigenvalue weighted by molar-refractivity contribution is -0.162. The van der Waals surface area contributed by atoms with Gasteiger partial charge in [-0.05, 0) is 80.6 Å². The summed E-state index contributed by atoms with van der Waals surface area (Å²) in [5.74, 6) is 6.27. The standard InChI is InChI=1S/C24H27NO4/c26-22-15-13-21(14-16-22)25-24(27)20-11-9-19(10-12-20)7-3-1-2-5-17-28-23-8-4-6-18-29-23/h9-16,23,26H,1-2,4-6,8,17-18H2,(H,25,27). The van der Waals surface area contributed by atoms with Crippen LogP contribution in [0.5, 0.6) is 5.75 Å². The first-order valence-electron chi connectivity index (χ1n) is 10.1. The average molecular weight is 393 g/mol. The molecule has 0 aliphatic carbocycles. The number of ether oxygens (including phenoxy) is 2. The van der Waals surface area contributed by atoms with E-state index < -0.39 is 0 Å². The molecule has 1 amide bonds. The highest BCUT2D eigenvalue weighted by Crippen LogP contribution is 2.15. The number of phenols is 1. The van der Waals surface area contributed by atoms with E-state index in [2.05, 4.69) is 17.2 Å².